The molecule has 3 fully saturated rings. The lowest BCUT2D eigenvalue weighted by atomic mass is 9.46. The van der Waals surface area contributed by atoms with Crippen molar-refractivity contribution in [1.82, 2.24) is 5.32 Å². The predicted octanol–water partition coefficient (Wildman–Crippen LogP) is 3.09. The third-order valence-electron chi connectivity index (χ3n) is 12.5. The van der Waals surface area contributed by atoms with Crippen LogP contribution in [0, 0.1) is 23.7 Å². The topological polar surface area (TPSA) is 201 Å². The molecule has 3 aliphatic heterocycles. The summed E-state index contributed by atoms with van der Waals surface area (Å²) >= 11 is 0. The summed E-state index contributed by atoms with van der Waals surface area (Å²) in [7, 11) is 2.99. The Morgan fingerprint density at radius 3 is 2.72 bits per heavy atom. The zero-order valence-electron chi connectivity index (χ0n) is 31.1. The Morgan fingerprint density at radius 1 is 1.17 bits per heavy atom. The van der Waals surface area contributed by atoms with Crippen molar-refractivity contribution in [2.24, 2.45) is 23.7 Å². The SMILES string of the molecule is CCOC(=O)CCc1cc2ccoc2c2c1O[C@]13C=C[C@@H](SSC[C@H](CCC(C)C)NCCO2)[C@](CO)(O1)[C@]1(O)C[C@H]2CC[C@@H](O)[C@H](CO)[C@H]2[C@@]3(O)[C@H]1O. The van der Waals surface area contributed by atoms with E-state index in [0.717, 1.165) is 12.8 Å². The Kier molecular flexibility index (Phi) is 11.7. The molecule has 1 saturated heterocycles. The van der Waals surface area contributed by atoms with Gasteiger partial charge in [-0.05, 0) is 81.1 Å². The van der Waals surface area contributed by atoms with Crippen molar-refractivity contribution in [3.05, 3.63) is 36.1 Å². The summed E-state index contributed by atoms with van der Waals surface area (Å²) < 4.78 is 31.8. The van der Waals surface area contributed by atoms with Gasteiger partial charge in [0.05, 0.1) is 30.8 Å². The number of ether oxygens (including phenoxy) is 4. The molecule has 1 aromatic carbocycles. The smallest absolute Gasteiger partial charge is 0.306 e. The standard InChI is InChI=1S/C39H55NO12S2/c1-4-48-30(44)10-7-23-17-24-12-15-49-32(24)34-33(23)51-38-13-11-29(54-53-20-26(8-5-22(2)3)40-14-16-50-34)37(21-42,52-38)36(46)18-25-6-9-28(43)27(19-41)31(25)39(38,47)35(36)45/h11-13,15,17,22,25-29,31,35,40-43,45-47H,4-10,14,16,18-21H2,1-3H3/t25-,26+,27+,28-,29-,31+,35+,36+,37+,38-,39-/m1/s1. The molecule has 15 heteroatoms. The second-order valence-corrected chi connectivity index (χ2v) is 18.6. The highest BCUT2D eigenvalue weighted by molar-refractivity contribution is 8.77. The highest BCUT2D eigenvalue weighted by Crippen LogP contribution is 2.67. The molecule has 5 aliphatic rings. The number of nitrogens with one attached hydrogen (secondary N) is 1. The van der Waals surface area contributed by atoms with E-state index in [9.17, 15) is 35.4 Å². The third-order valence-corrected chi connectivity index (χ3v) is 15.3. The molecule has 5 bridgehead atoms. The number of carbonyl (C=O) groups is 1. The number of aliphatic hydroxyl groups is 6. The number of esters is 1. The molecular weight excluding hydrogens is 739 g/mol. The predicted molar refractivity (Wildman–Crippen MR) is 203 cm³/mol. The molecule has 4 heterocycles. The van der Waals surface area contributed by atoms with Gasteiger partial charge in [-0.25, -0.2) is 0 Å². The molecule has 7 N–H and O–H groups in total. The summed E-state index contributed by atoms with van der Waals surface area (Å²) in [6.45, 7) is 5.76. The van der Waals surface area contributed by atoms with Gasteiger partial charge in [0.15, 0.2) is 16.9 Å². The maximum atomic E-state index is 13.3. The van der Waals surface area contributed by atoms with Gasteiger partial charge in [0.1, 0.15) is 23.9 Å². The summed E-state index contributed by atoms with van der Waals surface area (Å²) in [5.74, 6) is -3.67. The average Bonchev–Trinajstić information content (AvgIpc) is 3.62. The average molecular weight is 794 g/mol. The summed E-state index contributed by atoms with van der Waals surface area (Å²) in [5, 5.41) is 75.7. The van der Waals surface area contributed by atoms with Crippen LogP contribution in [0.15, 0.2) is 35.0 Å². The molecule has 11 atom stereocenters. The Bertz CT molecular complexity index is 1690. The summed E-state index contributed by atoms with van der Waals surface area (Å²) in [5.41, 5.74) is -5.66. The molecule has 7 rings (SSSR count). The number of carbonyl (C=O) groups excluding carboxylic acids is 1. The van der Waals surface area contributed by atoms with Crippen LogP contribution in [0.2, 0.25) is 0 Å². The van der Waals surface area contributed by atoms with Gasteiger partial charge in [0.2, 0.25) is 5.75 Å². The first-order valence-corrected chi connectivity index (χ1v) is 21.7. The quantitative estimate of drug-likeness (QED) is 0.111. The molecule has 1 spiro atoms. The Balaban J connectivity index is 1.44. The van der Waals surface area contributed by atoms with Crippen molar-refractivity contribution >= 4 is 38.5 Å². The van der Waals surface area contributed by atoms with Crippen molar-refractivity contribution in [1.29, 1.82) is 0 Å². The van der Waals surface area contributed by atoms with Crippen molar-refractivity contribution < 1.29 is 58.8 Å². The summed E-state index contributed by atoms with van der Waals surface area (Å²) in [4.78, 5) is 12.7. The summed E-state index contributed by atoms with van der Waals surface area (Å²) in [6, 6.07) is 3.68. The van der Waals surface area contributed by atoms with E-state index in [1.54, 1.807) is 42.0 Å². The Morgan fingerprint density at radius 2 is 1.98 bits per heavy atom. The van der Waals surface area contributed by atoms with Crippen LogP contribution in [0.5, 0.6) is 11.5 Å². The van der Waals surface area contributed by atoms with Gasteiger partial charge in [-0.2, -0.15) is 0 Å². The second-order valence-electron chi connectivity index (χ2n) is 16.0. The minimum atomic E-state index is -2.47. The molecular formula is C39H55NO12S2. The minimum Gasteiger partial charge on any atom is -0.485 e. The van der Waals surface area contributed by atoms with E-state index in [2.05, 4.69) is 19.2 Å². The van der Waals surface area contributed by atoms with Crippen LogP contribution in [0.1, 0.15) is 64.9 Å². The monoisotopic (exact) mass is 793 g/mol. The molecule has 0 unspecified atom stereocenters. The first-order chi connectivity index (χ1) is 25.9. The van der Waals surface area contributed by atoms with E-state index < -0.39 is 77.0 Å². The zero-order valence-corrected chi connectivity index (χ0v) is 32.8. The number of hydrogen-bond acceptors (Lipinski definition) is 15. The van der Waals surface area contributed by atoms with Crippen LogP contribution in [0.3, 0.4) is 0 Å². The van der Waals surface area contributed by atoms with Crippen LogP contribution >= 0.6 is 21.6 Å². The van der Waals surface area contributed by atoms with E-state index in [0.29, 0.717) is 47.6 Å². The van der Waals surface area contributed by atoms with E-state index >= 15 is 0 Å². The Labute approximate surface area is 323 Å². The van der Waals surface area contributed by atoms with Gasteiger partial charge >= 0.3 is 5.97 Å². The van der Waals surface area contributed by atoms with E-state index in [1.807, 2.05) is 0 Å². The highest BCUT2D eigenvalue weighted by atomic mass is 33.1. The van der Waals surface area contributed by atoms with Crippen LogP contribution in [-0.4, -0.2) is 121 Å². The maximum Gasteiger partial charge on any atom is 0.306 e. The number of aliphatic hydroxyl groups excluding tert-OH is 4. The molecule has 13 nitrogen and oxygen atoms in total. The number of fused-ring (bicyclic) bond motifs is 11. The first-order valence-electron chi connectivity index (χ1n) is 19.3. The lowest BCUT2D eigenvalue weighted by Crippen LogP contribution is -2.90. The third kappa shape index (κ3) is 6.48. The fraction of sp³-hybridized carbons (Fsp3) is 0.718. The maximum absolute atomic E-state index is 13.3. The van der Waals surface area contributed by atoms with Gasteiger partial charge in [0, 0.05) is 48.6 Å². The van der Waals surface area contributed by atoms with Crippen molar-refractivity contribution in [2.75, 3.05) is 38.7 Å². The van der Waals surface area contributed by atoms with Crippen LogP contribution in [0.4, 0.5) is 0 Å². The highest BCUT2D eigenvalue weighted by Gasteiger charge is 2.83. The molecule has 54 heavy (non-hydrogen) atoms. The first kappa shape index (κ1) is 40.2. The number of rotatable bonds is 9. The number of hydrogen-bond donors (Lipinski definition) is 7. The Hall–Kier alpha value is -2.05. The normalized spacial score (nSPS) is 39.2. The molecule has 0 radical (unpaired) electrons. The van der Waals surface area contributed by atoms with Gasteiger partial charge in [-0.1, -0.05) is 41.5 Å². The molecule has 0 amide bonds. The van der Waals surface area contributed by atoms with Crippen LogP contribution < -0.4 is 14.8 Å². The van der Waals surface area contributed by atoms with Gasteiger partial charge in [-0.3, -0.25) is 4.79 Å². The molecule has 2 saturated carbocycles. The van der Waals surface area contributed by atoms with Gasteiger partial charge in [-0.15, -0.1) is 0 Å². The van der Waals surface area contributed by atoms with Crippen molar-refractivity contribution in [2.45, 2.75) is 112 Å². The molecule has 300 valence electrons. The van der Waals surface area contributed by atoms with Crippen molar-refractivity contribution in [3.63, 3.8) is 0 Å². The van der Waals surface area contributed by atoms with Crippen LogP contribution in [0.25, 0.3) is 11.0 Å². The lowest BCUT2D eigenvalue weighted by Gasteiger charge is -2.72. The fourth-order valence-corrected chi connectivity index (χ4v) is 12.9. The van der Waals surface area contributed by atoms with E-state index in [-0.39, 0.29) is 50.0 Å². The number of furan rings is 1. The lowest BCUT2D eigenvalue weighted by molar-refractivity contribution is -0.453. The zero-order chi connectivity index (χ0) is 38.5. The van der Waals surface area contributed by atoms with E-state index in [1.165, 1.54) is 17.1 Å². The number of benzene rings is 1. The van der Waals surface area contributed by atoms with Gasteiger partial charge in [0.25, 0.3) is 5.79 Å². The van der Waals surface area contributed by atoms with E-state index in [4.69, 9.17) is 23.4 Å². The molecule has 2 aliphatic carbocycles. The number of aryl methyl sites for hydroxylation is 1. The second kappa shape index (κ2) is 15.7. The fourth-order valence-electron chi connectivity index (χ4n) is 9.75. The van der Waals surface area contributed by atoms with Gasteiger partial charge < -0.3 is 59.3 Å². The minimum absolute atomic E-state index is 0.0115. The van der Waals surface area contributed by atoms with Crippen LogP contribution in [-0.2, 0) is 20.7 Å². The van der Waals surface area contributed by atoms with Crippen molar-refractivity contribution in [3.8, 4) is 11.5 Å². The molecule has 1 aromatic heterocycles. The largest absolute Gasteiger partial charge is 0.485 e. The summed E-state index contributed by atoms with van der Waals surface area (Å²) in [6.07, 6.45) is 4.53. The molecule has 2 aromatic rings.